The highest BCUT2D eigenvalue weighted by atomic mass is 19.4. The number of aromatic nitrogens is 1. The van der Waals surface area contributed by atoms with E-state index in [1.54, 1.807) is 13.2 Å². The molecule has 2 nitrogen and oxygen atoms in total. The third-order valence-electron chi connectivity index (χ3n) is 6.30. The second-order valence-corrected chi connectivity index (χ2v) is 8.82. The van der Waals surface area contributed by atoms with Gasteiger partial charge in [-0.2, -0.15) is 13.2 Å². The highest BCUT2D eigenvalue weighted by molar-refractivity contribution is 5.91. The zero-order chi connectivity index (χ0) is 26.0. The predicted molar refractivity (Wildman–Crippen MR) is 142 cm³/mol. The molecule has 5 rings (SSSR count). The Morgan fingerprint density at radius 1 is 0.595 bits per heavy atom. The van der Waals surface area contributed by atoms with Gasteiger partial charge in [-0.3, -0.25) is 0 Å². The normalized spacial score (nSPS) is 11.4. The number of alkyl halides is 3. The van der Waals surface area contributed by atoms with Gasteiger partial charge in [0.05, 0.1) is 24.1 Å². The third-order valence-corrected chi connectivity index (χ3v) is 6.30. The maximum absolute atomic E-state index is 13.6. The molecule has 0 fully saturated rings. The van der Waals surface area contributed by atoms with Gasteiger partial charge in [-0.15, -0.1) is 0 Å². The van der Waals surface area contributed by atoms with Gasteiger partial charge in [0.15, 0.2) is 0 Å². The Kier molecular flexibility index (Phi) is 6.53. The Bertz CT molecular complexity index is 1520. The lowest BCUT2D eigenvalue weighted by atomic mass is 9.91. The summed E-state index contributed by atoms with van der Waals surface area (Å²) in [4.78, 5) is 5.11. The minimum atomic E-state index is -4.45. The molecule has 0 saturated carbocycles. The molecule has 0 amide bonds. The first-order valence-electron chi connectivity index (χ1n) is 11.8. The molecule has 0 atom stereocenters. The Labute approximate surface area is 214 Å². The van der Waals surface area contributed by atoms with Crippen LogP contribution >= 0.6 is 0 Å². The van der Waals surface area contributed by atoms with Gasteiger partial charge in [0.1, 0.15) is 5.75 Å². The molecule has 0 spiro atoms. The molecule has 4 aromatic carbocycles. The Hall–Kier alpha value is -4.38. The number of nitrogens with zero attached hydrogens (tertiary/aromatic N) is 1. The van der Waals surface area contributed by atoms with Gasteiger partial charge in [0.25, 0.3) is 0 Å². The van der Waals surface area contributed by atoms with Crippen molar-refractivity contribution < 1.29 is 17.9 Å². The van der Waals surface area contributed by atoms with Gasteiger partial charge in [-0.25, -0.2) is 4.98 Å². The first-order valence-corrected chi connectivity index (χ1v) is 11.8. The second kappa shape index (κ2) is 9.94. The van der Waals surface area contributed by atoms with E-state index in [0.29, 0.717) is 22.6 Å². The molecular weight excluding hydrogens is 471 g/mol. The SMILES string of the molecule is COc1ccc(-c2nc(-c3ccccc3)c(-c3ccc(C)cc3)cc2-c2cccc(C(F)(F)F)c2)cc1. The summed E-state index contributed by atoms with van der Waals surface area (Å²) in [5.74, 6) is 0.684. The molecule has 0 aliphatic carbocycles. The summed E-state index contributed by atoms with van der Waals surface area (Å²) in [7, 11) is 1.59. The lowest BCUT2D eigenvalue weighted by Gasteiger charge is -2.18. The number of halogens is 3. The first-order chi connectivity index (χ1) is 17.8. The summed E-state index contributed by atoms with van der Waals surface area (Å²) >= 11 is 0. The van der Waals surface area contributed by atoms with Gasteiger partial charge in [-0.1, -0.05) is 72.3 Å². The van der Waals surface area contributed by atoms with Crippen LogP contribution in [0.5, 0.6) is 5.75 Å². The van der Waals surface area contributed by atoms with E-state index in [1.807, 2.05) is 91.9 Å². The van der Waals surface area contributed by atoms with Crippen molar-refractivity contribution in [2.75, 3.05) is 7.11 Å². The van der Waals surface area contributed by atoms with Crippen molar-refractivity contribution in [3.05, 3.63) is 120 Å². The number of methoxy groups -OCH3 is 1. The van der Waals surface area contributed by atoms with E-state index in [0.717, 1.165) is 39.6 Å². The summed E-state index contributed by atoms with van der Waals surface area (Å²) in [5.41, 5.74) is 6.31. The average molecular weight is 496 g/mol. The summed E-state index contributed by atoms with van der Waals surface area (Å²) in [6.07, 6.45) is -4.45. The van der Waals surface area contributed by atoms with E-state index >= 15 is 0 Å². The lowest BCUT2D eigenvalue weighted by molar-refractivity contribution is -0.137. The van der Waals surface area contributed by atoms with E-state index < -0.39 is 11.7 Å². The molecule has 5 aromatic rings. The van der Waals surface area contributed by atoms with Crippen LogP contribution in [0, 0.1) is 6.92 Å². The van der Waals surface area contributed by atoms with Gasteiger partial charge in [0, 0.05) is 22.3 Å². The lowest BCUT2D eigenvalue weighted by Crippen LogP contribution is -2.05. The number of hydrogen-bond acceptors (Lipinski definition) is 2. The van der Waals surface area contributed by atoms with Crippen molar-refractivity contribution in [1.29, 1.82) is 0 Å². The van der Waals surface area contributed by atoms with Crippen LogP contribution in [0.25, 0.3) is 44.8 Å². The number of ether oxygens (including phenoxy) is 1. The van der Waals surface area contributed by atoms with Gasteiger partial charge < -0.3 is 4.74 Å². The van der Waals surface area contributed by atoms with E-state index in [9.17, 15) is 13.2 Å². The van der Waals surface area contributed by atoms with Crippen LogP contribution in [0.3, 0.4) is 0 Å². The number of pyridine rings is 1. The number of rotatable bonds is 5. The molecular formula is C32H24F3NO. The fourth-order valence-electron chi connectivity index (χ4n) is 4.33. The number of aryl methyl sites for hydroxylation is 1. The molecule has 0 aliphatic rings. The Balaban J connectivity index is 1.83. The maximum Gasteiger partial charge on any atom is 0.416 e. The monoisotopic (exact) mass is 495 g/mol. The molecule has 1 heterocycles. The average Bonchev–Trinajstić information content (AvgIpc) is 2.93. The van der Waals surface area contributed by atoms with Gasteiger partial charge >= 0.3 is 6.18 Å². The largest absolute Gasteiger partial charge is 0.497 e. The Morgan fingerprint density at radius 2 is 1.16 bits per heavy atom. The van der Waals surface area contributed by atoms with Gasteiger partial charge in [-0.05, 0) is 60.5 Å². The van der Waals surface area contributed by atoms with Crippen molar-refractivity contribution >= 4 is 0 Å². The van der Waals surface area contributed by atoms with E-state index in [4.69, 9.17) is 9.72 Å². The van der Waals surface area contributed by atoms with Crippen molar-refractivity contribution in [1.82, 2.24) is 4.98 Å². The zero-order valence-electron chi connectivity index (χ0n) is 20.4. The summed E-state index contributed by atoms with van der Waals surface area (Å²) in [5, 5.41) is 0. The molecule has 0 bridgehead atoms. The fourth-order valence-corrected chi connectivity index (χ4v) is 4.33. The molecule has 1 aromatic heterocycles. The minimum absolute atomic E-state index is 0.445. The molecule has 0 unspecified atom stereocenters. The standard InChI is InChI=1S/C32H24F3NO/c1-21-11-13-22(14-12-21)28-20-29(25-9-6-10-26(19-25)32(33,34)35)31(24-15-17-27(37-2)18-16-24)36-30(28)23-7-4-3-5-8-23/h3-20H,1-2H3. The molecule has 37 heavy (non-hydrogen) atoms. The molecule has 0 N–H and O–H groups in total. The minimum Gasteiger partial charge on any atom is -0.497 e. The van der Waals surface area contributed by atoms with Crippen molar-refractivity contribution in [3.63, 3.8) is 0 Å². The fraction of sp³-hybridized carbons (Fsp3) is 0.0938. The van der Waals surface area contributed by atoms with Crippen LogP contribution in [-0.4, -0.2) is 12.1 Å². The topological polar surface area (TPSA) is 22.1 Å². The van der Waals surface area contributed by atoms with Crippen LogP contribution < -0.4 is 4.74 Å². The van der Waals surface area contributed by atoms with Crippen LogP contribution in [-0.2, 0) is 6.18 Å². The smallest absolute Gasteiger partial charge is 0.416 e. The van der Waals surface area contributed by atoms with Crippen molar-refractivity contribution in [2.45, 2.75) is 13.1 Å². The molecule has 0 aliphatic heterocycles. The van der Waals surface area contributed by atoms with Crippen LogP contribution in [0.2, 0.25) is 0 Å². The molecule has 0 saturated heterocycles. The maximum atomic E-state index is 13.6. The Morgan fingerprint density at radius 3 is 1.78 bits per heavy atom. The third kappa shape index (κ3) is 5.12. The van der Waals surface area contributed by atoms with Crippen LogP contribution in [0.1, 0.15) is 11.1 Å². The number of hydrogen-bond donors (Lipinski definition) is 0. The second-order valence-electron chi connectivity index (χ2n) is 8.82. The highest BCUT2D eigenvalue weighted by Crippen LogP contribution is 2.41. The van der Waals surface area contributed by atoms with Crippen LogP contribution in [0.15, 0.2) is 109 Å². The van der Waals surface area contributed by atoms with E-state index in [1.165, 1.54) is 12.1 Å². The zero-order valence-corrected chi connectivity index (χ0v) is 20.4. The molecule has 5 heteroatoms. The van der Waals surface area contributed by atoms with E-state index in [2.05, 4.69) is 0 Å². The van der Waals surface area contributed by atoms with Crippen molar-refractivity contribution in [2.24, 2.45) is 0 Å². The first kappa shape index (κ1) is 24.3. The van der Waals surface area contributed by atoms with Crippen molar-refractivity contribution in [3.8, 4) is 50.5 Å². The number of benzene rings is 4. The quantitative estimate of drug-likeness (QED) is 0.243. The van der Waals surface area contributed by atoms with Crippen LogP contribution in [0.4, 0.5) is 13.2 Å². The molecule has 0 radical (unpaired) electrons. The summed E-state index contributed by atoms with van der Waals surface area (Å²) in [6.45, 7) is 2.01. The highest BCUT2D eigenvalue weighted by Gasteiger charge is 2.31. The van der Waals surface area contributed by atoms with E-state index in [-0.39, 0.29) is 0 Å². The predicted octanol–water partition coefficient (Wildman–Crippen LogP) is 9.09. The summed E-state index contributed by atoms with van der Waals surface area (Å²) < 4.78 is 46.2. The summed E-state index contributed by atoms with van der Waals surface area (Å²) in [6, 6.07) is 32.6. The molecule has 184 valence electrons. The van der Waals surface area contributed by atoms with Gasteiger partial charge in [0.2, 0.25) is 0 Å².